The van der Waals surface area contributed by atoms with Gasteiger partial charge >= 0.3 is 6.09 Å². The highest BCUT2D eigenvalue weighted by atomic mass is 16.6. The van der Waals surface area contributed by atoms with Gasteiger partial charge in [-0.15, -0.1) is 0 Å². The summed E-state index contributed by atoms with van der Waals surface area (Å²) in [6.45, 7) is 2.39. The van der Waals surface area contributed by atoms with Gasteiger partial charge in [-0.3, -0.25) is 19.8 Å². The highest BCUT2D eigenvalue weighted by molar-refractivity contribution is 5.88. The Labute approximate surface area is 205 Å². The van der Waals surface area contributed by atoms with Crippen molar-refractivity contribution in [3.63, 3.8) is 0 Å². The van der Waals surface area contributed by atoms with Crippen LogP contribution in [0.1, 0.15) is 36.5 Å². The molecule has 0 aromatic heterocycles. The molecule has 2 atom stereocenters. The largest absolute Gasteiger partial charge is 0.433 e. The molecule has 0 aliphatic carbocycles. The molecule has 35 heavy (non-hydrogen) atoms. The number of para-hydroxylation sites is 1. The van der Waals surface area contributed by atoms with Gasteiger partial charge in [0.15, 0.2) is 5.78 Å². The smallest absolute Gasteiger partial charge is 0.412 e. The first-order chi connectivity index (χ1) is 17.0. The number of nitrogens with one attached hydrogen (secondary N) is 2. The molecule has 0 spiro atoms. The van der Waals surface area contributed by atoms with Crippen LogP contribution in [-0.2, 0) is 27.3 Å². The topological polar surface area (TPSA) is 138 Å². The third kappa shape index (κ3) is 6.88. The maximum absolute atomic E-state index is 12.8. The van der Waals surface area contributed by atoms with Crippen molar-refractivity contribution in [3.05, 3.63) is 65.2 Å². The minimum absolute atomic E-state index is 0.0829. The standard InChI is InChI=1S/C26H31N5O4/c1-2-18-7-5-6-10-22(18)30-26(34)35-17-31-12-11-19(13-23(31)24(32)15-28)25(33)29-16-21-9-4-3-8-20(21)14-27/h3-10,19,23H,2,11-13,15-17,28H2,1H3,(H,29,33)(H,30,34). The van der Waals surface area contributed by atoms with Crippen molar-refractivity contribution in [2.75, 3.05) is 25.1 Å². The maximum atomic E-state index is 12.8. The van der Waals surface area contributed by atoms with Crippen LogP contribution < -0.4 is 16.4 Å². The van der Waals surface area contributed by atoms with Crippen molar-refractivity contribution in [3.8, 4) is 6.07 Å². The van der Waals surface area contributed by atoms with Gasteiger partial charge < -0.3 is 15.8 Å². The number of Topliss-reactive ketones (excluding diaryl/α,β-unsaturated/α-hetero) is 1. The molecule has 1 heterocycles. The number of nitrogens with two attached hydrogens (primary N) is 1. The van der Waals surface area contributed by atoms with E-state index in [0.29, 0.717) is 24.2 Å². The van der Waals surface area contributed by atoms with E-state index in [1.807, 2.05) is 31.2 Å². The lowest BCUT2D eigenvalue weighted by Gasteiger charge is -2.37. The Morgan fingerprint density at radius 1 is 1.14 bits per heavy atom. The molecule has 0 radical (unpaired) electrons. The Balaban J connectivity index is 1.56. The van der Waals surface area contributed by atoms with Crippen LogP contribution in [0.25, 0.3) is 0 Å². The van der Waals surface area contributed by atoms with Gasteiger partial charge in [0.25, 0.3) is 0 Å². The molecule has 2 amide bonds. The number of likely N-dealkylation sites (tertiary alicyclic amines) is 1. The SMILES string of the molecule is CCc1ccccc1NC(=O)OCN1CCC(C(=O)NCc2ccccc2C#N)CC1C(=O)CN. The number of nitriles is 1. The summed E-state index contributed by atoms with van der Waals surface area (Å²) in [6, 6.07) is 16.1. The number of hydrogen-bond acceptors (Lipinski definition) is 7. The minimum atomic E-state index is -0.619. The lowest BCUT2D eigenvalue weighted by Crippen LogP contribution is -2.52. The zero-order valence-electron chi connectivity index (χ0n) is 19.8. The molecular weight excluding hydrogens is 446 g/mol. The van der Waals surface area contributed by atoms with Crippen LogP contribution in [0, 0.1) is 17.2 Å². The monoisotopic (exact) mass is 477 g/mol. The van der Waals surface area contributed by atoms with Crippen LogP contribution in [0.3, 0.4) is 0 Å². The third-order valence-corrected chi connectivity index (χ3v) is 6.24. The fourth-order valence-corrected chi connectivity index (χ4v) is 4.23. The number of ether oxygens (including phenoxy) is 1. The predicted octanol–water partition coefficient (Wildman–Crippen LogP) is 2.55. The fourth-order valence-electron chi connectivity index (χ4n) is 4.23. The number of carbonyl (C=O) groups excluding carboxylic acids is 3. The van der Waals surface area contributed by atoms with E-state index in [4.69, 9.17) is 10.5 Å². The van der Waals surface area contributed by atoms with E-state index in [1.54, 1.807) is 29.2 Å². The van der Waals surface area contributed by atoms with Crippen molar-refractivity contribution in [1.29, 1.82) is 5.26 Å². The van der Waals surface area contributed by atoms with Gasteiger partial charge in [-0.2, -0.15) is 5.26 Å². The Morgan fingerprint density at radius 3 is 2.57 bits per heavy atom. The van der Waals surface area contributed by atoms with Crippen molar-refractivity contribution < 1.29 is 19.1 Å². The highest BCUT2D eigenvalue weighted by Gasteiger charge is 2.36. The number of ketones is 1. The molecule has 3 rings (SSSR count). The Morgan fingerprint density at radius 2 is 1.86 bits per heavy atom. The van der Waals surface area contributed by atoms with Crippen LogP contribution in [0.5, 0.6) is 0 Å². The van der Waals surface area contributed by atoms with E-state index in [9.17, 15) is 19.6 Å². The van der Waals surface area contributed by atoms with E-state index >= 15 is 0 Å². The number of hydrogen-bond donors (Lipinski definition) is 3. The van der Waals surface area contributed by atoms with Crippen molar-refractivity contribution in [1.82, 2.24) is 10.2 Å². The quantitative estimate of drug-likeness (QED) is 0.505. The summed E-state index contributed by atoms with van der Waals surface area (Å²) in [5, 5.41) is 14.8. The van der Waals surface area contributed by atoms with Crippen molar-refractivity contribution >= 4 is 23.5 Å². The van der Waals surface area contributed by atoms with Crippen LogP contribution in [0.2, 0.25) is 0 Å². The van der Waals surface area contributed by atoms with Crippen LogP contribution in [0.4, 0.5) is 10.5 Å². The van der Waals surface area contributed by atoms with Gasteiger partial charge in [-0.25, -0.2) is 4.79 Å². The number of aryl methyl sites for hydroxylation is 1. The average Bonchev–Trinajstić information content (AvgIpc) is 2.90. The van der Waals surface area contributed by atoms with Crippen LogP contribution >= 0.6 is 0 Å². The molecule has 1 aliphatic heterocycles. The second kappa shape index (κ2) is 12.6. The second-order valence-electron chi connectivity index (χ2n) is 8.40. The first-order valence-corrected chi connectivity index (χ1v) is 11.7. The van der Waals surface area contributed by atoms with Gasteiger partial charge in [0.1, 0.15) is 6.73 Å². The molecule has 9 nitrogen and oxygen atoms in total. The van der Waals surface area contributed by atoms with Gasteiger partial charge in [0.2, 0.25) is 5.91 Å². The molecule has 2 unspecified atom stereocenters. The number of piperidine rings is 1. The lowest BCUT2D eigenvalue weighted by molar-refractivity contribution is -0.132. The van der Waals surface area contributed by atoms with Crippen molar-refractivity contribution in [2.24, 2.45) is 11.7 Å². The van der Waals surface area contributed by atoms with E-state index in [-0.39, 0.29) is 43.8 Å². The molecule has 0 bridgehead atoms. The molecule has 4 N–H and O–H groups in total. The highest BCUT2D eigenvalue weighted by Crippen LogP contribution is 2.24. The molecule has 1 aliphatic rings. The molecule has 0 saturated carbocycles. The minimum Gasteiger partial charge on any atom is -0.433 e. The van der Waals surface area contributed by atoms with Gasteiger partial charge in [-0.1, -0.05) is 43.3 Å². The van der Waals surface area contributed by atoms with E-state index in [0.717, 1.165) is 17.5 Å². The molecular formula is C26H31N5O4. The number of anilines is 1. The summed E-state index contributed by atoms with van der Waals surface area (Å²) in [5.74, 6) is -0.772. The third-order valence-electron chi connectivity index (χ3n) is 6.24. The molecule has 1 saturated heterocycles. The fraction of sp³-hybridized carbons (Fsp3) is 0.385. The average molecular weight is 478 g/mol. The Kier molecular flexibility index (Phi) is 9.35. The number of carbonyl (C=O) groups is 3. The number of benzene rings is 2. The maximum Gasteiger partial charge on any atom is 0.412 e. The molecule has 184 valence electrons. The molecule has 9 heteroatoms. The normalized spacial score (nSPS) is 17.7. The first-order valence-electron chi connectivity index (χ1n) is 11.7. The Bertz CT molecular complexity index is 1100. The lowest BCUT2D eigenvalue weighted by atomic mass is 9.88. The summed E-state index contributed by atoms with van der Waals surface area (Å²) in [6.07, 6.45) is 0.942. The second-order valence-corrected chi connectivity index (χ2v) is 8.40. The first kappa shape index (κ1) is 25.9. The van der Waals surface area contributed by atoms with Gasteiger partial charge in [-0.05, 0) is 42.5 Å². The van der Waals surface area contributed by atoms with Gasteiger partial charge in [0.05, 0.1) is 24.2 Å². The summed E-state index contributed by atoms with van der Waals surface area (Å²) < 4.78 is 5.39. The summed E-state index contributed by atoms with van der Waals surface area (Å²) in [5.41, 5.74) is 8.54. The zero-order valence-corrected chi connectivity index (χ0v) is 19.8. The van der Waals surface area contributed by atoms with E-state index in [1.165, 1.54) is 0 Å². The number of amides is 2. The van der Waals surface area contributed by atoms with Gasteiger partial charge in [0, 0.05) is 24.7 Å². The Hall–Kier alpha value is -3.74. The predicted molar refractivity (Wildman–Crippen MR) is 131 cm³/mol. The zero-order chi connectivity index (χ0) is 25.2. The van der Waals surface area contributed by atoms with E-state index < -0.39 is 12.1 Å². The van der Waals surface area contributed by atoms with Crippen LogP contribution in [-0.4, -0.2) is 48.5 Å². The molecule has 2 aromatic carbocycles. The summed E-state index contributed by atoms with van der Waals surface area (Å²) >= 11 is 0. The molecule has 1 fully saturated rings. The summed E-state index contributed by atoms with van der Waals surface area (Å²) in [4.78, 5) is 39.5. The van der Waals surface area contributed by atoms with E-state index in [2.05, 4.69) is 16.7 Å². The number of nitrogens with zero attached hydrogens (tertiary/aromatic N) is 2. The molecule has 2 aromatic rings. The summed E-state index contributed by atoms with van der Waals surface area (Å²) in [7, 11) is 0. The van der Waals surface area contributed by atoms with Crippen LogP contribution in [0.15, 0.2) is 48.5 Å². The number of rotatable bonds is 9. The van der Waals surface area contributed by atoms with Crippen molar-refractivity contribution in [2.45, 2.75) is 38.8 Å².